The van der Waals surface area contributed by atoms with Crippen LogP contribution in [0, 0.1) is 11.3 Å². The number of nitrogens with one attached hydrogen (secondary N) is 3. The Labute approximate surface area is 243 Å². The zero-order chi connectivity index (χ0) is 30.6. The predicted molar refractivity (Wildman–Crippen MR) is 157 cm³/mol. The van der Waals surface area contributed by atoms with Crippen molar-refractivity contribution >= 4 is 29.5 Å². The predicted octanol–water partition coefficient (Wildman–Crippen LogP) is 2.79. The van der Waals surface area contributed by atoms with Gasteiger partial charge in [-0.25, -0.2) is 4.79 Å². The number of nitrogens with zero attached hydrogens (tertiary/aromatic N) is 1. The summed E-state index contributed by atoms with van der Waals surface area (Å²) in [7, 11) is 0. The topological polar surface area (TPSA) is 151 Å². The Bertz CT molecular complexity index is 1130. The molecule has 0 heterocycles. The lowest BCUT2D eigenvalue weighted by Crippen LogP contribution is -2.60. The third-order valence-electron chi connectivity index (χ3n) is 7.94. The van der Waals surface area contributed by atoms with E-state index in [0.29, 0.717) is 6.42 Å². The molecule has 5 N–H and O–H groups in total. The van der Waals surface area contributed by atoms with Crippen LogP contribution < -0.4 is 21.7 Å². The largest absolute Gasteiger partial charge is 0.363 e. The lowest BCUT2D eigenvalue weighted by atomic mass is 9.80. The summed E-state index contributed by atoms with van der Waals surface area (Å²) in [6.07, 6.45) is 4.95. The van der Waals surface area contributed by atoms with Gasteiger partial charge in [0.25, 0.3) is 5.91 Å². The lowest BCUT2D eigenvalue weighted by Gasteiger charge is -2.37. The number of carbonyl (C=O) groups excluding carboxylic acids is 5. The minimum absolute atomic E-state index is 0.241. The summed E-state index contributed by atoms with van der Waals surface area (Å²) in [4.78, 5) is 66.2. The molecule has 2 fully saturated rings. The van der Waals surface area contributed by atoms with Crippen molar-refractivity contribution < 1.29 is 24.0 Å². The molecule has 0 bridgehead atoms. The van der Waals surface area contributed by atoms with E-state index in [-0.39, 0.29) is 24.4 Å². The smallest absolute Gasteiger partial charge is 0.315 e. The van der Waals surface area contributed by atoms with Crippen LogP contribution in [0.1, 0.15) is 85.6 Å². The van der Waals surface area contributed by atoms with Crippen molar-refractivity contribution in [1.29, 1.82) is 0 Å². The molecular weight excluding hydrogens is 522 g/mol. The van der Waals surface area contributed by atoms with Crippen molar-refractivity contribution in [2.75, 3.05) is 13.1 Å². The standard InChI is InChI=1S/C31H47N5O5/c1-29(2,3)25(34-28(41)35-30(4,5)6)27(40)36(19-31(15-16-31)21-13-8-7-9-14-21)18-23(37)33-22(24(38)26(32)39)17-20-11-10-12-20/h7-9,13-14,20,22,25H,10-12,15-19H2,1-6H3,(H2,32,39)(H,33,37)(H2,34,35,41). The van der Waals surface area contributed by atoms with Crippen molar-refractivity contribution in [2.45, 2.75) is 103 Å². The SMILES string of the molecule is CC(C)(C)NC(=O)NC(C(=O)N(CC(=O)NC(CC1CCC1)C(=O)C(N)=O)CC1(c2ccccc2)CC1)C(C)(C)C. The Morgan fingerprint density at radius 1 is 0.976 bits per heavy atom. The highest BCUT2D eigenvalue weighted by atomic mass is 16.2. The summed E-state index contributed by atoms with van der Waals surface area (Å²) in [5, 5.41) is 8.37. The van der Waals surface area contributed by atoms with Crippen LogP contribution in [0.5, 0.6) is 0 Å². The fourth-order valence-electron chi connectivity index (χ4n) is 5.28. The molecule has 10 nitrogen and oxygen atoms in total. The number of rotatable bonds is 12. The van der Waals surface area contributed by atoms with Crippen LogP contribution in [-0.2, 0) is 24.6 Å². The molecule has 2 unspecified atom stereocenters. The van der Waals surface area contributed by atoms with Gasteiger partial charge in [-0.05, 0) is 56.9 Å². The first-order chi connectivity index (χ1) is 19.0. The highest BCUT2D eigenvalue weighted by Crippen LogP contribution is 2.48. The molecule has 1 aromatic rings. The first-order valence-electron chi connectivity index (χ1n) is 14.6. The summed E-state index contributed by atoms with van der Waals surface area (Å²) in [6, 6.07) is 7.44. The van der Waals surface area contributed by atoms with Gasteiger partial charge in [-0.3, -0.25) is 19.2 Å². The van der Waals surface area contributed by atoms with Crippen LogP contribution in [-0.4, -0.2) is 65.1 Å². The number of hydrogen-bond acceptors (Lipinski definition) is 5. The van der Waals surface area contributed by atoms with E-state index in [0.717, 1.165) is 37.7 Å². The Hall–Kier alpha value is -3.43. The van der Waals surface area contributed by atoms with Crippen molar-refractivity contribution in [2.24, 2.45) is 17.1 Å². The summed E-state index contributed by atoms with van der Waals surface area (Å²) in [6.45, 7) is 11.1. The first kappa shape index (κ1) is 32.1. The first-order valence-corrected chi connectivity index (χ1v) is 14.6. The highest BCUT2D eigenvalue weighted by Gasteiger charge is 2.48. The number of nitrogens with two attached hydrogens (primary N) is 1. The number of urea groups is 1. The molecular formula is C31H47N5O5. The van der Waals surface area contributed by atoms with E-state index in [1.807, 2.05) is 71.9 Å². The maximum atomic E-state index is 14.2. The molecule has 226 valence electrons. The monoisotopic (exact) mass is 569 g/mol. The normalized spacial score (nSPS) is 17.8. The van der Waals surface area contributed by atoms with Crippen molar-refractivity contribution in [3.8, 4) is 0 Å². The molecule has 5 amide bonds. The third kappa shape index (κ3) is 9.03. The number of ketones is 1. The fourth-order valence-corrected chi connectivity index (χ4v) is 5.28. The van der Waals surface area contributed by atoms with Crippen LogP contribution in [0.2, 0.25) is 0 Å². The number of hydrogen-bond donors (Lipinski definition) is 4. The number of primary amides is 1. The van der Waals surface area contributed by atoms with E-state index in [9.17, 15) is 24.0 Å². The molecule has 0 spiro atoms. The molecule has 0 aliphatic heterocycles. The van der Waals surface area contributed by atoms with E-state index in [1.165, 1.54) is 4.90 Å². The highest BCUT2D eigenvalue weighted by molar-refractivity contribution is 6.37. The van der Waals surface area contributed by atoms with Crippen molar-refractivity contribution in [3.05, 3.63) is 35.9 Å². The van der Waals surface area contributed by atoms with Gasteiger partial charge in [-0.15, -0.1) is 0 Å². The second-order valence-electron chi connectivity index (χ2n) is 13.9. The minimum atomic E-state index is -1.09. The molecule has 0 aromatic heterocycles. The van der Waals surface area contributed by atoms with Crippen LogP contribution in [0.4, 0.5) is 4.79 Å². The van der Waals surface area contributed by atoms with E-state index in [4.69, 9.17) is 5.73 Å². The molecule has 1 aromatic carbocycles. The molecule has 2 saturated carbocycles. The average molecular weight is 570 g/mol. The molecule has 3 rings (SSSR count). The van der Waals surface area contributed by atoms with Crippen LogP contribution in [0.25, 0.3) is 0 Å². The van der Waals surface area contributed by atoms with Gasteiger partial charge in [-0.1, -0.05) is 70.4 Å². The third-order valence-corrected chi connectivity index (χ3v) is 7.94. The number of Topliss-reactive ketones (excluding diaryl/α,β-unsaturated/α-hetero) is 1. The quantitative estimate of drug-likeness (QED) is 0.286. The summed E-state index contributed by atoms with van der Waals surface area (Å²) >= 11 is 0. The summed E-state index contributed by atoms with van der Waals surface area (Å²) in [5.41, 5.74) is 4.88. The zero-order valence-corrected chi connectivity index (χ0v) is 25.3. The van der Waals surface area contributed by atoms with Gasteiger partial charge in [0.2, 0.25) is 17.6 Å². The minimum Gasteiger partial charge on any atom is -0.363 e. The van der Waals surface area contributed by atoms with E-state index < -0.39 is 52.6 Å². The van der Waals surface area contributed by atoms with Crippen LogP contribution >= 0.6 is 0 Å². The maximum Gasteiger partial charge on any atom is 0.315 e. The van der Waals surface area contributed by atoms with Gasteiger partial charge in [-0.2, -0.15) is 0 Å². The lowest BCUT2D eigenvalue weighted by molar-refractivity contribution is -0.142. The van der Waals surface area contributed by atoms with Crippen molar-refractivity contribution in [1.82, 2.24) is 20.9 Å². The van der Waals surface area contributed by atoms with Crippen molar-refractivity contribution in [3.63, 3.8) is 0 Å². The zero-order valence-electron chi connectivity index (χ0n) is 25.3. The maximum absolute atomic E-state index is 14.2. The summed E-state index contributed by atoms with van der Waals surface area (Å²) < 4.78 is 0. The second kappa shape index (κ2) is 12.6. The number of benzene rings is 1. The van der Waals surface area contributed by atoms with Gasteiger partial charge < -0.3 is 26.6 Å². The Morgan fingerprint density at radius 3 is 2.05 bits per heavy atom. The Morgan fingerprint density at radius 2 is 1.59 bits per heavy atom. The van der Waals surface area contributed by atoms with Gasteiger partial charge in [0, 0.05) is 17.5 Å². The van der Waals surface area contributed by atoms with Crippen LogP contribution in [0.15, 0.2) is 30.3 Å². The van der Waals surface area contributed by atoms with Crippen LogP contribution in [0.3, 0.4) is 0 Å². The van der Waals surface area contributed by atoms with E-state index in [1.54, 1.807) is 0 Å². The Kier molecular flexibility index (Phi) is 9.87. The molecule has 41 heavy (non-hydrogen) atoms. The number of carbonyl (C=O) groups is 5. The average Bonchev–Trinajstić information content (AvgIpc) is 3.62. The molecule has 2 atom stereocenters. The van der Waals surface area contributed by atoms with Gasteiger partial charge in [0.1, 0.15) is 6.04 Å². The molecule has 0 saturated heterocycles. The second-order valence-corrected chi connectivity index (χ2v) is 13.9. The van der Waals surface area contributed by atoms with Gasteiger partial charge >= 0.3 is 6.03 Å². The molecule has 10 heteroatoms. The molecule has 2 aliphatic rings. The van der Waals surface area contributed by atoms with E-state index >= 15 is 0 Å². The van der Waals surface area contributed by atoms with Gasteiger partial charge in [0.05, 0.1) is 12.6 Å². The fraction of sp³-hybridized carbons (Fsp3) is 0.645. The van der Waals surface area contributed by atoms with E-state index in [2.05, 4.69) is 16.0 Å². The van der Waals surface area contributed by atoms with Gasteiger partial charge in [0.15, 0.2) is 0 Å². The number of amides is 5. The molecule has 0 radical (unpaired) electrons. The summed E-state index contributed by atoms with van der Waals surface area (Å²) in [5.74, 6) is -2.63. The Balaban J connectivity index is 1.86. The molecule has 2 aliphatic carbocycles.